The van der Waals surface area contributed by atoms with Crippen molar-refractivity contribution in [3.8, 4) is 11.5 Å². The highest BCUT2D eigenvalue weighted by atomic mass is 16.4. The molecule has 0 saturated carbocycles. The predicted octanol–water partition coefficient (Wildman–Crippen LogP) is 2.06. The summed E-state index contributed by atoms with van der Waals surface area (Å²) in [6, 6.07) is 14.8. The van der Waals surface area contributed by atoms with Gasteiger partial charge in [-0.2, -0.15) is 0 Å². The summed E-state index contributed by atoms with van der Waals surface area (Å²) in [6.45, 7) is 0.308. The van der Waals surface area contributed by atoms with Crippen molar-refractivity contribution in [3.63, 3.8) is 0 Å². The Balaban J connectivity index is 1.67. The van der Waals surface area contributed by atoms with Crippen LogP contribution in [0.1, 0.15) is 16.4 Å². The predicted molar refractivity (Wildman–Crippen MR) is 75.1 cm³/mol. The van der Waals surface area contributed by atoms with Crippen molar-refractivity contribution < 1.29 is 9.21 Å². The normalized spacial score (nSPS) is 10.3. The second-order valence-electron chi connectivity index (χ2n) is 4.28. The molecule has 1 aromatic carbocycles. The van der Waals surface area contributed by atoms with Crippen molar-refractivity contribution in [1.82, 2.24) is 20.5 Å². The number of hydrogen-bond acceptors (Lipinski definition) is 5. The molecular formula is C15H12N4O2. The van der Waals surface area contributed by atoms with Gasteiger partial charge in [0.05, 0.1) is 12.2 Å². The van der Waals surface area contributed by atoms with Gasteiger partial charge < -0.3 is 9.73 Å². The first kappa shape index (κ1) is 13.0. The zero-order valence-electron chi connectivity index (χ0n) is 11.1. The first-order valence-electron chi connectivity index (χ1n) is 6.40. The van der Waals surface area contributed by atoms with E-state index in [-0.39, 0.29) is 5.89 Å². The van der Waals surface area contributed by atoms with Crippen LogP contribution in [0.4, 0.5) is 0 Å². The second kappa shape index (κ2) is 5.96. The smallest absolute Gasteiger partial charge is 0.309 e. The van der Waals surface area contributed by atoms with E-state index in [1.807, 2.05) is 48.5 Å². The summed E-state index contributed by atoms with van der Waals surface area (Å²) in [5, 5.41) is 10.3. The van der Waals surface area contributed by atoms with Gasteiger partial charge in [0.15, 0.2) is 0 Å². The van der Waals surface area contributed by atoms with E-state index in [1.165, 1.54) is 0 Å². The minimum atomic E-state index is -0.421. The summed E-state index contributed by atoms with van der Waals surface area (Å²) in [6.07, 6.45) is 1.67. The highest BCUT2D eigenvalue weighted by Crippen LogP contribution is 2.16. The molecule has 6 heteroatoms. The van der Waals surface area contributed by atoms with Crippen LogP contribution in [0.2, 0.25) is 0 Å². The Morgan fingerprint density at radius 3 is 2.62 bits per heavy atom. The van der Waals surface area contributed by atoms with E-state index in [2.05, 4.69) is 20.5 Å². The molecular weight excluding hydrogens is 268 g/mol. The third kappa shape index (κ3) is 3.11. The molecule has 3 aromatic rings. The van der Waals surface area contributed by atoms with E-state index >= 15 is 0 Å². The lowest BCUT2D eigenvalue weighted by atomic mass is 10.2. The Morgan fingerprint density at radius 1 is 1.05 bits per heavy atom. The Bertz CT molecular complexity index is 726. The van der Waals surface area contributed by atoms with Crippen LogP contribution in [0.25, 0.3) is 11.5 Å². The van der Waals surface area contributed by atoms with Crippen LogP contribution in [0.5, 0.6) is 0 Å². The second-order valence-corrected chi connectivity index (χ2v) is 4.28. The highest BCUT2D eigenvalue weighted by Gasteiger charge is 2.15. The molecule has 0 spiro atoms. The number of pyridine rings is 1. The Kier molecular flexibility index (Phi) is 3.68. The van der Waals surface area contributed by atoms with Crippen LogP contribution in [0.3, 0.4) is 0 Å². The highest BCUT2D eigenvalue weighted by molar-refractivity contribution is 5.89. The van der Waals surface area contributed by atoms with Crippen molar-refractivity contribution in [2.45, 2.75) is 6.54 Å². The van der Waals surface area contributed by atoms with Gasteiger partial charge in [0.1, 0.15) is 0 Å². The monoisotopic (exact) mass is 280 g/mol. The Hall–Kier alpha value is -3.02. The topological polar surface area (TPSA) is 80.9 Å². The summed E-state index contributed by atoms with van der Waals surface area (Å²) in [7, 11) is 0. The van der Waals surface area contributed by atoms with Crippen molar-refractivity contribution in [2.75, 3.05) is 0 Å². The van der Waals surface area contributed by atoms with E-state index in [0.29, 0.717) is 12.4 Å². The molecule has 2 aromatic heterocycles. The fourth-order valence-electron chi connectivity index (χ4n) is 1.76. The van der Waals surface area contributed by atoms with Gasteiger partial charge in [0.2, 0.25) is 5.89 Å². The van der Waals surface area contributed by atoms with Crippen molar-refractivity contribution in [1.29, 1.82) is 0 Å². The molecule has 104 valence electrons. The molecule has 0 atom stereocenters. The molecule has 0 saturated heterocycles. The number of amides is 1. The molecule has 0 bridgehead atoms. The maximum atomic E-state index is 11.9. The van der Waals surface area contributed by atoms with Crippen molar-refractivity contribution >= 4 is 5.91 Å². The molecule has 2 heterocycles. The number of rotatable bonds is 4. The van der Waals surface area contributed by atoms with Gasteiger partial charge in [0.25, 0.3) is 0 Å². The average Bonchev–Trinajstić information content (AvgIpc) is 3.04. The summed E-state index contributed by atoms with van der Waals surface area (Å²) in [5.41, 5.74) is 1.53. The van der Waals surface area contributed by atoms with Crippen LogP contribution in [0, 0.1) is 0 Å². The van der Waals surface area contributed by atoms with Gasteiger partial charge in [0, 0.05) is 11.8 Å². The molecule has 0 unspecified atom stereocenters. The molecule has 0 radical (unpaired) electrons. The average molecular weight is 280 g/mol. The number of nitrogens with zero attached hydrogens (tertiary/aromatic N) is 3. The van der Waals surface area contributed by atoms with Crippen molar-refractivity contribution in [2.24, 2.45) is 0 Å². The first-order valence-corrected chi connectivity index (χ1v) is 6.40. The Labute approximate surface area is 120 Å². The molecule has 0 aliphatic heterocycles. The third-order valence-electron chi connectivity index (χ3n) is 2.80. The fraction of sp³-hybridized carbons (Fsp3) is 0.0667. The first-order chi connectivity index (χ1) is 10.3. The van der Waals surface area contributed by atoms with Crippen LogP contribution in [0.15, 0.2) is 59.1 Å². The fourth-order valence-corrected chi connectivity index (χ4v) is 1.76. The van der Waals surface area contributed by atoms with Gasteiger partial charge in [-0.25, -0.2) is 0 Å². The van der Waals surface area contributed by atoms with E-state index in [0.717, 1.165) is 11.3 Å². The summed E-state index contributed by atoms with van der Waals surface area (Å²) < 4.78 is 5.37. The van der Waals surface area contributed by atoms with E-state index in [1.54, 1.807) is 6.20 Å². The van der Waals surface area contributed by atoms with Gasteiger partial charge in [-0.05, 0) is 24.3 Å². The van der Waals surface area contributed by atoms with E-state index in [9.17, 15) is 4.79 Å². The van der Waals surface area contributed by atoms with Gasteiger partial charge in [-0.3, -0.25) is 9.78 Å². The number of hydrogen-bond donors (Lipinski definition) is 1. The zero-order chi connectivity index (χ0) is 14.5. The molecule has 1 N–H and O–H groups in total. The minimum Gasteiger partial charge on any atom is -0.412 e. The van der Waals surface area contributed by atoms with Crippen LogP contribution < -0.4 is 5.32 Å². The summed E-state index contributed by atoms with van der Waals surface area (Å²) >= 11 is 0. The number of carbonyl (C=O) groups is 1. The number of benzene rings is 1. The summed E-state index contributed by atoms with van der Waals surface area (Å²) in [4.78, 5) is 16.0. The number of nitrogens with one attached hydrogen (secondary N) is 1. The lowest BCUT2D eigenvalue weighted by Crippen LogP contribution is -2.23. The van der Waals surface area contributed by atoms with E-state index < -0.39 is 5.91 Å². The maximum absolute atomic E-state index is 11.9. The quantitative estimate of drug-likeness (QED) is 0.791. The lowest BCUT2D eigenvalue weighted by molar-refractivity contribution is 0.0916. The molecule has 0 aliphatic carbocycles. The molecule has 6 nitrogen and oxygen atoms in total. The Morgan fingerprint density at radius 2 is 1.86 bits per heavy atom. The van der Waals surface area contributed by atoms with Crippen LogP contribution >= 0.6 is 0 Å². The van der Waals surface area contributed by atoms with Gasteiger partial charge in [-0.1, -0.05) is 24.3 Å². The van der Waals surface area contributed by atoms with Gasteiger partial charge in [-0.15, -0.1) is 10.2 Å². The molecule has 0 fully saturated rings. The summed E-state index contributed by atoms with van der Waals surface area (Å²) in [5.74, 6) is -0.168. The van der Waals surface area contributed by atoms with Gasteiger partial charge >= 0.3 is 11.8 Å². The standard InChI is InChI=1S/C15H12N4O2/c20-13(17-10-12-8-4-5-9-16-12)15-19-18-14(21-15)11-6-2-1-3-7-11/h1-9H,10H2,(H,17,20). The minimum absolute atomic E-state index is 0.0650. The van der Waals surface area contributed by atoms with Crippen LogP contribution in [-0.2, 0) is 6.54 Å². The number of carbonyl (C=O) groups excluding carboxylic acids is 1. The van der Waals surface area contributed by atoms with Crippen molar-refractivity contribution in [3.05, 3.63) is 66.3 Å². The largest absolute Gasteiger partial charge is 0.412 e. The maximum Gasteiger partial charge on any atom is 0.309 e. The van der Waals surface area contributed by atoms with Crippen LogP contribution in [-0.4, -0.2) is 21.1 Å². The lowest BCUT2D eigenvalue weighted by Gasteiger charge is -2.00. The molecule has 1 amide bonds. The number of aromatic nitrogens is 3. The molecule has 3 rings (SSSR count). The molecule has 0 aliphatic rings. The third-order valence-corrected chi connectivity index (χ3v) is 2.80. The van der Waals surface area contributed by atoms with E-state index in [4.69, 9.17) is 4.42 Å². The molecule has 21 heavy (non-hydrogen) atoms. The zero-order valence-corrected chi connectivity index (χ0v) is 11.1. The SMILES string of the molecule is O=C(NCc1ccccn1)c1nnc(-c2ccccc2)o1.